The van der Waals surface area contributed by atoms with Crippen molar-refractivity contribution in [2.45, 2.75) is 51.7 Å². The third kappa shape index (κ3) is 4.29. The molecule has 1 aromatic rings. The van der Waals surface area contributed by atoms with Crippen LogP contribution in [0.1, 0.15) is 51.1 Å². The fourth-order valence-corrected chi connectivity index (χ4v) is 2.65. The lowest BCUT2D eigenvalue weighted by Crippen LogP contribution is -2.24. The van der Waals surface area contributed by atoms with E-state index in [4.69, 9.17) is 0 Å². The molecule has 0 saturated carbocycles. The average Bonchev–Trinajstić information content (AvgIpc) is 2.93. The summed E-state index contributed by atoms with van der Waals surface area (Å²) in [5.74, 6) is 0.225. The lowest BCUT2D eigenvalue weighted by atomic mass is 10.1. The van der Waals surface area contributed by atoms with Crippen LogP contribution in [0.15, 0.2) is 24.3 Å². The van der Waals surface area contributed by atoms with E-state index in [2.05, 4.69) is 24.4 Å². The minimum Gasteiger partial charge on any atom is -0.393 e. The van der Waals surface area contributed by atoms with Gasteiger partial charge in [0.2, 0.25) is 5.91 Å². The Kier molecular flexibility index (Phi) is 5.76. The second kappa shape index (κ2) is 7.57. The molecule has 1 heterocycles. The Balaban J connectivity index is 1.87. The first-order valence-corrected chi connectivity index (χ1v) is 7.93. The Hall–Kier alpha value is -1.39. The summed E-state index contributed by atoms with van der Waals surface area (Å²) >= 11 is 0. The van der Waals surface area contributed by atoms with Crippen LogP contribution in [0.3, 0.4) is 0 Å². The zero-order valence-electron chi connectivity index (χ0n) is 13.0. The van der Waals surface area contributed by atoms with Crippen molar-refractivity contribution in [1.82, 2.24) is 5.32 Å². The maximum Gasteiger partial charge on any atom is 0.227 e. The fourth-order valence-electron chi connectivity index (χ4n) is 2.65. The van der Waals surface area contributed by atoms with Crippen LogP contribution in [0.2, 0.25) is 0 Å². The molecule has 1 aliphatic rings. The van der Waals surface area contributed by atoms with Crippen LogP contribution in [0.25, 0.3) is 0 Å². The number of benzene rings is 1. The second-order valence-corrected chi connectivity index (χ2v) is 5.77. The third-order valence-corrected chi connectivity index (χ3v) is 4.18. The first-order chi connectivity index (χ1) is 10.1. The largest absolute Gasteiger partial charge is 0.393 e. The van der Waals surface area contributed by atoms with Crippen molar-refractivity contribution >= 4 is 11.6 Å². The number of anilines is 1. The van der Waals surface area contributed by atoms with Gasteiger partial charge in [0.15, 0.2) is 0 Å². The number of carbonyl (C=O) groups is 1. The van der Waals surface area contributed by atoms with E-state index in [0.29, 0.717) is 6.42 Å². The molecule has 4 heteroatoms. The number of carbonyl (C=O) groups excluding carboxylic acids is 1. The number of aliphatic hydroxyl groups excluding tert-OH is 1. The number of amides is 1. The summed E-state index contributed by atoms with van der Waals surface area (Å²) in [7, 11) is 0. The van der Waals surface area contributed by atoms with Crippen LogP contribution in [-0.4, -0.2) is 30.2 Å². The van der Waals surface area contributed by atoms with Crippen molar-refractivity contribution in [3.8, 4) is 0 Å². The summed E-state index contributed by atoms with van der Waals surface area (Å²) in [5.41, 5.74) is 2.20. The van der Waals surface area contributed by atoms with Crippen molar-refractivity contribution in [2.24, 2.45) is 0 Å². The fraction of sp³-hybridized carbons (Fsp3) is 0.588. The van der Waals surface area contributed by atoms with Gasteiger partial charge >= 0.3 is 0 Å². The van der Waals surface area contributed by atoms with Crippen molar-refractivity contribution in [1.29, 1.82) is 0 Å². The van der Waals surface area contributed by atoms with Gasteiger partial charge in [0.1, 0.15) is 0 Å². The summed E-state index contributed by atoms with van der Waals surface area (Å²) in [6.07, 6.45) is 2.99. The van der Waals surface area contributed by atoms with Crippen LogP contribution in [0.4, 0.5) is 5.69 Å². The summed E-state index contributed by atoms with van der Waals surface area (Å²) in [5, 5.41) is 13.0. The highest BCUT2D eigenvalue weighted by atomic mass is 16.3. The Morgan fingerprint density at radius 2 is 2.05 bits per heavy atom. The van der Waals surface area contributed by atoms with Gasteiger partial charge in [-0.25, -0.2) is 0 Å². The lowest BCUT2D eigenvalue weighted by molar-refractivity contribution is -0.117. The summed E-state index contributed by atoms with van der Waals surface area (Å²) < 4.78 is 0. The van der Waals surface area contributed by atoms with Gasteiger partial charge in [-0.05, 0) is 50.4 Å². The zero-order valence-corrected chi connectivity index (χ0v) is 13.0. The van der Waals surface area contributed by atoms with Gasteiger partial charge in [0, 0.05) is 24.7 Å². The van der Waals surface area contributed by atoms with E-state index in [-0.39, 0.29) is 18.1 Å². The molecular formula is C17H26N2O2. The van der Waals surface area contributed by atoms with E-state index in [0.717, 1.165) is 38.0 Å². The van der Waals surface area contributed by atoms with E-state index >= 15 is 0 Å². The maximum atomic E-state index is 11.7. The molecule has 2 unspecified atom stereocenters. The predicted octanol–water partition coefficient (Wildman–Crippen LogP) is 2.63. The Morgan fingerprint density at radius 1 is 1.33 bits per heavy atom. The van der Waals surface area contributed by atoms with Crippen molar-refractivity contribution in [3.63, 3.8) is 0 Å². The van der Waals surface area contributed by atoms with Crippen molar-refractivity contribution < 1.29 is 9.90 Å². The monoisotopic (exact) mass is 290 g/mol. The standard InChI is InChI=1S/C17H26N2O2/c1-3-16(20)10-11-18-13(2)14-6-8-15(9-7-14)19-12-4-5-17(19)21/h6-9,13,16,18,20H,3-5,10-12H2,1-2H3. The summed E-state index contributed by atoms with van der Waals surface area (Å²) in [4.78, 5) is 13.6. The molecule has 1 amide bonds. The van der Waals surface area contributed by atoms with Crippen LogP contribution in [0.5, 0.6) is 0 Å². The number of hydrogen-bond donors (Lipinski definition) is 2. The van der Waals surface area contributed by atoms with Gasteiger partial charge in [-0.2, -0.15) is 0 Å². The first-order valence-electron chi connectivity index (χ1n) is 7.93. The minimum atomic E-state index is -0.215. The third-order valence-electron chi connectivity index (χ3n) is 4.18. The number of rotatable bonds is 7. The quantitative estimate of drug-likeness (QED) is 0.811. The van der Waals surface area contributed by atoms with Gasteiger partial charge in [0.25, 0.3) is 0 Å². The summed E-state index contributed by atoms with van der Waals surface area (Å²) in [6.45, 7) is 5.75. The van der Waals surface area contributed by atoms with E-state index in [1.165, 1.54) is 5.56 Å². The van der Waals surface area contributed by atoms with Crippen molar-refractivity contribution in [2.75, 3.05) is 18.0 Å². The second-order valence-electron chi connectivity index (χ2n) is 5.77. The van der Waals surface area contributed by atoms with Crippen LogP contribution in [0, 0.1) is 0 Å². The molecule has 4 nitrogen and oxygen atoms in total. The number of nitrogens with one attached hydrogen (secondary N) is 1. The molecule has 1 aromatic carbocycles. The SMILES string of the molecule is CCC(O)CCNC(C)c1ccc(N2CCCC2=O)cc1. The average molecular weight is 290 g/mol. The molecule has 0 radical (unpaired) electrons. The molecule has 116 valence electrons. The van der Waals surface area contributed by atoms with Crippen molar-refractivity contribution in [3.05, 3.63) is 29.8 Å². The Morgan fingerprint density at radius 3 is 2.62 bits per heavy atom. The molecule has 1 saturated heterocycles. The maximum absolute atomic E-state index is 11.7. The van der Waals surface area contributed by atoms with E-state index in [9.17, 15) is 9.90 Å². The first kappa shape index (κ1) is 16.0. The predicted molar refractivity (Wildman–Crippen MR) is 85.4 cm³/mol. The number of nitrogens with zero attached hydrogens (tertiary/aromatic N) is 1. The van der Waals surface area contributed by atoms with Crippen LogP contribution >= 0.6 is 0 Å². The molecule has 0 aromatic heterocycles. The number of hydrogen-bond acceptors (Lipinski definition) is 3. The molecule has 1 aliphatic heterocycles. The smallest absolute Gasteiger partial charge is 0.227 e. The minimum absolute atomic E-state index is 0.215. The Bertz CT molecular complexity index is 458. The zero-order chi connectivity index (χ0) is 15.2. The van der Waals surface area contributed by atoms with Crippen LogP contribution in [-0.2, 0) is 4.79 Å². The molecule has 2 rings (SSSR count). The molecule has 2 N–H and O–H groups in total. The van der Waals surface area contributed by atoms with Gasteiger partial charge in [-0.3, -0.25) is 4.79 Å². The normalized spacial score (nSPS) is 18.0. The van der Waals surface area contributed by atoms with Gasteiger partial charge < -0.3 is 15.3 Å². The molecule has 21 heavy (non-hydrogen) atoms. The molecule has 2 atom stereocenters. The van der Waals surface area contributed by atoms with E-state index in [1.807, 2.05) is 24.0 Å². The Labute approximate surface area is 127 Å². The molecule has 0 bridgehead atoms. The summed E-state index contributed by atoms with van der Waals surface area (Å²) in [6, 6.07) is 8.45. The molecule has 0 aliphatic carbocycles. The molecule has 1 fully saturated rings. The molecular weight excluding hydrogens is 264 g/mol. The topological polar surface area (TPSA) is 52.6 Å². The highest BCUT2D eigenvalue weighted by Gasteiger charge is 2.21. The van der Waals surface area contributed by atoms with Gasteiger partial charge in [-0.15, -0.1) is 0 Å². The molecule has 0 spiro atoms. The van der Waals surface area contributed by atoms with E-state index < -0.39 is 0 Å². The van der Waals surface area contributed by atoms with Crippen LogP contribution < -0.4 is 10.2 Å². The van der Waals surface area contributed by atoms with Gasteiger partial charge in [-0.1, -0.05) is 19.1 Å². The lowest BCUT2D eigenvalue weighted by Gasteiger charge is -2.19. The highest BCUT2D eigenvalue weighted by molar-refractivity contribution is 5.95. The highest BCUT2D eigenvalue weighted by Crippen LogP contribution is 2.23. The number of aliphatic hydroxyl groups is 1. The van der Waals surface area contributed by atoms with Gasteiger partial charge in [0.05, 0.1) is 6.10 Å². The van der Waals surface area contributed by atoms with E-state index in [1.54, 1.807) is 0 Å².